The van der Waals surface area contributed by atoms with Crippen LogP contribution in [0.25, 0.3) is 0 Å². The minimum Gasteiger partial charge on any atom is -0.326 e. The first-order valence-electron chi connectivity index (χ1n) is 4.90. The Balaban J connectivity index is 2.81. The highest BCUT2D eigenvalue weighted by molar-refractivity contribution is 9.10. The van der Waals surface area contributed by atoms with Gasteiger partial charge in [-0.2, -0.15) is 5.26 Å². The van der Waals surface area contributed by atoms with Gasteiger partial charge >= 0.3 is 0 Å². The van der Waals surface area contributed by atoms with Crippen molar-refractivity contribution >= 4 is 15.9 Å². The molecule has 0 amide bonds. The number of aryl methyl sites for hydroxylation is 1. The predicted molar refractivity (Wildman–Crippen MR) is 65.4 cm³/mol. The van der Waals surface area contributed by atoms with Crippen LogP contribution in [-0.2, 0) is 6.42 Å². The lowest BCUT2D eigenvalue weighted by atomic mass is 9.96. The summed E-state index contributed by atoms with van der Waals surface area (Å²) in [4.78, 5) is 0. The molecule has 80 valence electrons. The minimum atomic E-state index is -0.165. The van der Waals surface area contributed by atoms with Crippen molar-refractivity contribution in [3.05, 3.63) is 33.8 Å². The number of hydrogen-bond acceptors (Lipinski definition) is 2. The number of rotatable bonds is 3. The zero-order valence-corrected chi connectivity index (χ0v) is 10.6. The van der Waals surface area contributed by atoms with E-state index in [0.717, 1.165) is 22.9 Å². The molecule has 0 saturated heterocycles. The van der Waals surface area contributed by atoms with Crippen LogP contribution in [0, 0.1) is 11.3 Å². The Hall–Kier alpha value is -0.850. The van der Waals surface area contributed by atoms with Crippen molar-refractivity contribution < 1.29 is 0 Å². The molecule has 2 nitrogen and oxygen atoms in total. The Morgan fingerprint density at radius 2 is 2.13 bits per heavy atom. The normalized spacial score (nSPS) is 11.1. The molecule has 0 unspecified atom stereocenters. The van der Waals surface area contributed by atoms with Crippen molar-refractivity contribution in [1.82, 2.24) is 0 Å². The molecular weight excluding hydrogens is 252 g/mol. The van der Waals surface area contributed by atoms with Gasteiger partial charge in [0.05, 0.1) is 11.6 Å². The first-order chi connectivity index (χ1) is 6.92. The Morgan fingerprint density at radius 1 is 1.47 bits per heavy atom. The highest BCUT2D eigenvalue weighted by Crippen LogP contribution is 2.21. The van der Waals surface area contributed by atoms with Crippen molar-refractivity contribution in [2.45, 2.75) is 32.2 Å². The van der Waals surface area contributed by atoms with Crippen molar-refractivity contribution in [2.24, 2.45) is 5.73 Å². The van der Waals surface area contributed by atoms with E-state index in [1.807, 2.05) is 26.0 Å². The highest BCUT2D eigenvalue weighted by atomic mass is 79.9. The lowest BCUT2D eigenvalue weighted by Gasteiger charge is -2.18. The number of nitrogens with zero attached hydrogens (tertiary/aromatic N) is 1. The molecule has 15 heavy (non-hydrogen) atoms. The van der Waals surface area contributed by atoms with Crippen molar-refractivity contribution in [1.29, 1.82) is 5.26 Å². The van der Waals surface area contributed by atoms with Crippen LogP contribution in [0.3, 0.4) is 0 Å². The van der Waals surface area contributed by atoms with Gasteiger partial charge in [-0.05, 0) is 50.5 Å². The Labute approximate surface area is 99.2 Å². The molecule has 2 N–H and O–H groups in total. The van der Waals surface area contributed by atoms with Crippen LogP contribution in [0.5, 0.6) is 0 Å². The monoisotopic (exact) mass is 266 g/mol. The number of hydrogen-bond donors (Lipinski definition) is 1. The SMILES string of the molecule is CC(C)(N)CCc1cc(C#N)ccc1Br. The smallest absolute Gasteiger partial charge is 0.0991 e. The van der Waals surface area contributed by atoms with Gasteiger partial charge in [-0.25, -0.2) is 0 Å². The van der Waals surface area contributed by atoms with E-state index < -0.39 is 0 Å². The topological polar surface area (TPSA) is 49.8 Å². The summed E-state index contributed by atoms with van der Waals surface area (Å²) in [6.07, 6.45) is 1.79. The standard InChI is InChI=1S/C12H15BrN2/c1-12(2,15)6-5-10-7-9(8-14)3-4-11(10)13/h3-4,7H,5-6,15H2,1-2H3. The first kappa shape index (κ1) is 12.2. The second kappa shape index (κ2) is 4.78. The maximum absolute atomic E-state index is 8.79. The maximum atomic E-state index is 8.79. The van der Waals surface area contributed by atoms with Crippen LogP contribution in [-0.4, -0.2) is 5.54 Å². The Morgan fingerprint density at radius 3 is 2.67 bits per heavy atom. The van der Waals surface area contributed by atoms with Gasteiger partial charge in [-0.3, -0.25) is 0 Å². The molecule has 0 aliphatic carbocycles. The molecule has 0 aromatic heterocycles. The van der Waals surface area contributed by atoms with Crippen LogP contribution in [0.4, 0.5) is 0 Å². The summed E-state index contributed by atoms with van der Waals surface area (Å²) in [5.41, 5.74) is 7.60. The number of halogens is 1. The molecule has 0 atom stereocenters. The molecule has 3 heteroatoms. The summed E-state index contributed by atoms with van der Waals surface area (Å²) in [7, 11) is 0. The van der Waals surface area contributed by atoms with E-state index in [1.54, 1.807) is 6.07 Å². The average molecular weight is 267 g/mol. The van der Waals surface area contributed by atoms with Crippen LogP contribution in [0.2, 0.25) is 0 Å². The minimum absolute atomic E-state index is 0.165. The molecule has 1 aromatic rings. The third-order valence-corrected chi connectivity index (χ3v) is 2.99. The summed E-state index contributed by atoms with van der Waals surface area (Å²) < 4.78 is 1.05. The molecule has 0 aliphatic rings. The van der Waals surface area contributed by atoms with Gasteiger partial charge in [-0.15, -0.1) is 0 Å². The number of nitrogens with two attached hydrogens (primary N) is 1. The molecular formula is C12H15BrN2. The molecule has 0 aliphatic heterocycles. The molecule has 0 bridgehead atoms. The van der Waals surface area contributed by atoms with Gasteiger partial charge < -0.3 is 5.73 Å². The largest absolute Gasteiger partial charge is 0.326 e. The van der Waals surface area contributed by atoms with Crippen molar-refractivity contribution in [2.75, 3.05) is 0 Å². The third-order valence-electron chi connectivity index (χ3n) is 2.21. The molecule has 0 heterocycles. The summed E-state index contributed by atoms with van der Waals surface area (Å²) in [6.45, 7) is 4.02. The summed E-state index contributed by atoms with van der Waals surface area (Å²) in [5, 5.41) is 8.79. The summed E-state index contributed by atoms with van der Waals surface area (Å²) >= 11 is 3.48. The van der Waals surface area contributed by atoms with Gasteiger partial charge in [0.15, 0.2) is 0 Å². The summed E-state index contributed by atoms with van der Waals surface area (Å²) in [5.74, 6) is 0. The first-order valence-corrected chi connectivity index (χ1v) is 5.69. The van der Waals surface area contributed by atoms with Crippen LogP contribution in [0.1, 0.15) is 31.4 Å². The fraction of sp³-hybridized carbons (Fsp3) is 0.417. The van der Waals surface area contributed by atoms with Crippen LogP contribution >= 0.6 is 15.9 Å². The Bertz CT molecular complexity index is 386. The van der Waals surface area contributed by atoms with E-state index >= 15 is 0 Å². The van der Waals surface area contributed by atoms with Crippen LogP contribution < -0.4 is 5.73 Å². The molecule has 0 fully saturated rings. The summed E-state index contributed by atoms with van der Waals surface area (Å²) in [6, 6.07) is 7.77. The second-order valence-corrected chi connectivity index (χ2v) is 5.26. The van der Waals surface area contributed by atoms with Crippen molar-refractivity contribution in [3.8, 4) is 6.07 Å². The van der Waals surface area contributed by atoms with Gasteiger partial charge in [0, 0.05) is 10.0 Å². The van der Waals surface area contributed by atoms with E-state index in [1.165, 1.54) is 0 Å². The van der Waals surface area contributed by atoms with E-state index in [2.05, 4.69) is 22.0 Å². The van der Waals surface area contributed by atoms with Gasteiger partial charge in [0.25, 0.3) is 0 Å². The van der Waals surface area contributed by atoms with E-state index in [-0.39, 0.29) is 5.54 Å². The molecule has 1 rings (SSSR count). The molecule has 0 radical (unpaired) electrons. The number of nitriles is 1. The predicted octanol–water partition coefficient (Wildman–Crippen LogP) is 2.99. The maximum Gasteiger partial charge on any atom is 0.0991 e. The van der Waals surface area contributed by atoms with Gasteiger partial charge in [0.2, 0.25) is 0 Å². The zero-order valence-electron chi connectivity index (χ0n) is 9.05. The van der Waals surface area contributed by atoms with E-state index in [4.69, 9.17) is 11.0 Å². The molecule has 0 spiro atoms. The second-order valence-electron chi connectivity index (χ2n) is 4.41. The Kier molecular flexibility index (Phi) is 3.90. The molecule has 1 aromatic carbocycles. The van der Waals surface area contributed by atoms with E-state index in [0.29, 0.717) is 5.56 Å². The quantitative estimate of drug-likeness (QED) is 0.915. The van der Waals surface area contributed by atoms with Gasteiger partial charge in [0.1, 0.15) is 0 Å². The zero-order chi connectivity index (χ0) is 11.5. The van der Waals surface area contributed by atoms with Crippen molar-refractivity contribution in [3.63, 3.8) is 0 Å². The lowest BCUT2D eigenvalue weighted by molar-refractivity contribution is 0.476. The van der Waals surface area contributed by atoms with Crippen LogP contribution in [0.15, 0.2) is 22.7 Å². The fourth-order valence-corrected chi connectivity index (χ4v) is 1.74. The average Bonchev–Trinajstić information content (AvgIpc) is 2.15. The highest BCUT2D eigenvalue weighted by Gasteiger charge is 2.11. The molecule has 0 saturated carbocycles. The third kappa shape index (κ3) is 4.03. The fourth-order valence-electron chi connectivity index (χ4n) is 1.29. The van der Waals surface area contributed by atoms with E-state index in [9.17, 15) is 0 Å². The lowest BCUT2D eigenvalue weighted by Crippen LogP contribution is -2.32. The van der Waals surface area contributed by atoms with Gasteiger partial charge in [-0.1, -0.05) is 15.9 Å². The number of benzene rings is 1.